The average Bonchev–Trinajstić information content (AvgIpc) is 2.51. The molecule has 124 valence electrons. The van der Waals surface area contributed by atoms with E-state index in [1.54, 1.807) is 0 Å². The number of nitrogens with one attached hydrogen (secondary N) is 2. The molecule has 1 saturated carbocycles. The molecule has 23 heavy (non-hydrogen) atoms. The first-order valence-electron chi connectivity index (χ1n) is 7.24. The maximum Gasteiger partial charge on any atom is 0.312 e. The number of hydrogen-bond acceptors (Lipinski definition) is 5. The van der Waals surface area contributed by atoms with Gasteiger partial charge in [0.25, 0.3) is 0 Å². The van der Waals surface area contributed by atoms with Crippen LogP contribution < -0.4 is 10.7 Å². The largest absolute Gasteiger partial charge is 0.502 e. The number of phenols is 1. The number of nitrogens with zero attached hydrogens (tertiary/aromatic N) is 2. The van der Waals surface area contributed by atoms with Gasteiger partial charge >= 0.3 is 5.69 Å². The lowest BCUT2D eigenvalue weighted by atomic mass is 9.96. The monoisotopic (exact) mass is 400 g/mol. The summed E-state index contributed by atoms with van der Waals surface area (Å²) < 4.78 is 0.478. The third kappa shape index (κ3) is 5.14. The second-order valence-corrected chi connectivity index (χ2v) is 6.62. The van der Waals surface area contributed by atoms with Gasteiger partial charge in [-0.25, -0.2) is 0 Å². The number of nitro groups is 1. The van der Waals surface area contributed by atoms with Crippen LogP contribution >= 0.6 is 28.1 Å². The summed E-state index contributed by atoms with van der Waals surface area (Å²) in [5.41, 5.74) is 2.50. The first-order chi connectivity index (χ1) is 11.0. The van der Waals surface area contributed by atoms with Crippen molar-refractivity contribution in [2.24, 2.45) is 5.10 Å². The third-order valence-corrected chi connectivity index (χ3v) is 4.26. The van der Waals surface area contributed by atoms with Crippen LogP contribution in [-0.4, -0.2) is 27.4 Å². The van der Waals surface area contributed by atoms with Gasteiger partial charge in [0.1, 0.15) is 0 Å². The van der Waals surface area contributed by atoms with E-state index in [0.29, 0.717) is 15.6 Å². The number of phenolic OH excluding ortho intramolecular Hbond substituents is 1. The Hall–Kier alpha value is -1.74. The Bertz CT molecular complexity index is 633. The van der Waals surface area contributed by atoms with Gasteiger partial charge in [-0.1, -0.05) is 35.2 Å². The number of nitro benzene ring substituents is 1. The summed E-state index contributed by atoms with van der Waals surface area (Å²) in [6.45, 7) is 0. The predicted octanol–water partition coefficient (Wildman–Crippen LogP) is 3.19. The molecule has 0 atom stereocenters. The minimum atomic E-state index is -0.653. The van der Waals surface area contributed by atoms with Crippen molar-refractivity contribution in [2.45, 2.75) is 38.1 Å². The molecule has 0 aliphatic heterocycles. The lowest BCUT2D eigenvalue weighted by molar-refractivity contribution is -0.385. The normalized spacial score (nSPS) is 15.5. The Morgan fingerprint density at radius 2 is 2.13 bits per heavy atom. The molecule has 0 aromatic heterocycles. The first kappa shape index (κ1) is 17.6. The topological polar surface area (TPSA) is 99.8 Å². The molecular formula is C14H17BrN4O3S. The maximum atomic E-state index is 10.9. The SMILES string of the molecule is O=[N+]([O-])c1cc(Br)cc(/C=N/NC(=S)NC2CCCCC2)c1O. The third-order valence-electron chi connectivity index (χ3n) is 3.59. The molecule has 3 N–H and O–H groups in total. The highest BCUT2D eigenvalue weighted by atomic mass is 79.9. The average molecular weight is 401 g/mol. The van der Waals surface area contributed by atoms with E-state index in [2.05, 4.69) is 31.8 Å². The second-order valence-electron chi connectivity index (χ2n) is 5.30. The highest BCUT2D eigenvalue weighted by Gasteiger charge is 2.17. The van der Waals surface area contributed by atoms with Gasteiger partial charge < -0.3 is 10.4 Å². The zero-order valence-electron chi connectivity index (χ0n) is 12.3. The highest BCUT2D eigenvalue weighted by Crippen LogP contribution is 2.32. The van der Waals surface area contributed by atoms with Gasteiger partial charge in [-0.3, -0.25) is 15.5 Å². The molecule has 0 unspecified atom stereocenters. The van der Waals surface area contributed by atoms with E-state index < -0.39 is 10.7 Å². The van der Waals surface area contributed by atoms with Crippen LogP contribution in [0.2, 0.25) is 0 Å². The molecular weight excluding hydrogens is 384 g/mol. The summed E-state index contributed by atoms with van der Waals surface area (Å²) in [5, 5.41) is 28.3. The fraction of sp³-hybridized carbons (Fsp3) is 0.429. The van der Waals surface area contributed by atoms with Gasteiger partial charge in [0.15, 0.2) is 5.11 Å². The zero-order valence-corrected chi connectivity index (χ0v) is 14.7. The summed E-state index contributed by atoms with van der Waals surface area (Å²) >= 11 is 8.33. The van der Waals surface area contributed by atoms with Crippen LogP contribution in [0.15, 0.2) is 21.7 Å². The molecule has 1 fully saturated rings. The molecule has 0 spiro atoms. The summed E-state index contributed by atoms with van der Waals surface area (Å²) in [7, 11) is 0. The van der Waals surface area contributed by atoms with Gasteiger partial charge in [0.2, 0.25) is 5.75 Å². The fourth-order valence-corrected chi connectivity index (χ4v) is 3.15. The molecule has 1 aliphatic rings. The second kappa shape index (κ2) is 8.21. The van der Waals surface area contributed by atoms with Crippen molar-refractivity contribution in [3.63, 3.8) is 0 Å². The summed E-state index contributed by atoms with van der Waals surface area (Å²) in [6, 6.07) is 3.12. The van der Waals surface area contributed by atoms with Crippen molar-refractivity contribution in [1.82, 2.24) is 10.7 Å². The quantitative estimate of drug-likeness (QED) is 0.310. The predicted molar refractivity (Wildman–Crippen MR) is 95.8 cm³/mol. The molecule has 0 radical (unpaired) electrons. The van der Waals surface area contributed by atoms with Crippen molar-refractivity contribution in [3.05, 3.63) is 32.3 Å². The number of rotatable bonds is 4. The van der Waals surface area contributed by atoms with Gasteiger partial charge in [-0.2, -0.15) is 5.10 Å². The maximum absolute atomic E-state index is 10.9. The molecule has 2 rings (SSSR count). The Kier molecular flexibility index (Phi) is 6.28. The van der Waals surface area contributed by atoms with Crippen molar-refractivity contribution in [2.75, 3.05) is 0 Å². The lowest BCUT2D eigenvalue weighted by Gasteiger charge is -2.23. The number of halogens is 1. The van der Waals surface area contributed by atoms with E-state index in [1.807, 2.05) is 0 Å². The molecule has 9 heteroatoms. The standard InChI is InChI=1S/C14H17BrN4O3S/c15-10-6-9(13(20)12(7-10)19(21)22)8-16-18-14(23)17-11-4-2-1-3-5-11/h6-8,11,20H,1-5H2,(H2,17,18,23)/b16-8+. The Morgan fingerprint density at radius 1 is 1.43 bits per heavy atom. The van der Waals surface area contributed by atoms with E-state index in [4.69, 9.17) is 12.2 Å². The van der Waals surface area contributed by atoms with Crippen molar-refractivity contribution in [3.8, 4) is 5.75 Å². The molecule has 0 amide bonds. The van der Waals surface area contributed by atoms with Crippen LogP contribution in [0.4, 0.5) is 5.69 Å². The molecule has 0 bridgehead atoms. The zero-order chi connectivity index (χ0) is 16.8. The molecule has 0 heterocycles. The molecule has 1 aromatic rings. The van der Waals surface area contributed by atoms with E-state index >= 15 is 0 Å². The fourth-order valence-electron chi connectivity index (χ4n) is 2.47. The smallest absolute Gasteiger partial charge is 0.312 e. The van der Waals surface area contributed by atoms with Crippen molar-refractivity contribution >= 4 is 45.2 Å². The number of thiocarbonyl (C=S) groups is 1. The minimum absolute atomic E-state index is 0.221. The summed E-state index contributed by atoms with van der Waals surface area (Å²) in [4.78, 5) is 10.2. The van der Waals surface area contributed by atoms with Gasteiger partial charge in [-0.05, 0) is 31.1 Å². The van der Waals surface area contributed by atoms with Crippen molar-refractivity contribution in [1.29, 1.82) is 0 Å². The number of hydrogen-bond donors (Lipinski definition) is 3. The van der Waals surface area contributed by atoms with E-state index in [-0.39, 0.29) is 11.3 Å². The van der Waals surface area contributed by atoms with Gasteiger partial charge in [0.05, 0.1) is 11.1 Å². The number of aromatic hydroxyl groups is 1. The molecule has 1 aromatic carbocycles. The molecule has 7 nitrogen and oxygen atoms in total. The summed E-state index contributed by atoms with van der Waals surface area (Å²) in [6.07, 6.45) is 7.12. The van der Waals surface area contributed by atoms with Crippen LogP contribution in [0.3, 0.4) is 0 Å². The van der Waals surface area contributed by atoms with E-state index in [9.17, 15) is 15.2 Å². The van der Waals surface area contributed by atoms with Gasteiger partial charge in [0, 0.05) is 22.1 Å². The van der Waals surface area contributed by atoms with Crippen LogP contribution in [0.1, 0.15) is 37.7 Å². The van der Waals surface area contributed by atoms with Crippen LogP contribution in [0.5, 0.6) is 5.75 Å². The highest BCUT2D eigenvalue weighted by molar-refractivity contribution is 9.10. The lowest BCUT2D eigenvalue weighted by Crippen LogP contribution is -2.40. The molecule has 1 aliphatic carbocycles. The Labute approximate surface area is 147 Å². The number of benzene rings is 1. The van der Waals surface area contributed by atoms with E-state index in [1.165, 1.54) is 37.6 Å². The van der Waals surface area contributed by atoms with Gasteiger partial charge in [-0.15, -0.1) is 0 Å². The first-order valence-corrected chi connectivity index (χ1v) is 8.44. The van der Waals surface area contributed by atoms with Crippen molar-refractivity contribution < 1.29 is 10.0 Å². The molecule has 0 saturated heterocycles. The minimum Gasteiger partial charge on any atom is -0.502 e. The number of hydrazone groups is 1. The van der Waals surface area contributed by atoms with E-state index in [0.717, 1.165) is 12.8 Å². The summed E-state index contributed by atoms with van der Waals surface area (Å²) in [5.74, 6) is -0.435. The Balaban J connectivity index is 1.97. The van der Waals surface area contributed by atoms with Crippen LogP contribution in [-0.2, 0) is 0 Å². The Morgan fingerprint density at radius 3 is 2.78 bits per heavy atom. The van der Waals surface area contributed by atoms with Crippen LogP contribution in [0.25, 0.3) is 0 Å². The van der Waals surface area contributed by atoms with Crippen LogP contribution in [0, 0.1) is 10.1 Å².